The molecule has 0 saturated heterocycles. The summed E-state index contributed by atoms with van der Waals surface area (Å²) in [5.74, 6) is -1.63. The lowest BCUT2D eigenvalue weighted by atomic mass is 9.98. The molecule has 1 aliphatic heterocycles. The highest BCUT2D eigenvalue weighted by molar-refractivity contribution is 7.89. The topological polar surface area (TPSA) is 74.7 Å². The third-order valence-electron chi connectivity index (χ3n) is 4.40. The van der Waals surface area contributed by atoms with Gasteiger partial charge < -0.3 is 5.11 Å². The lowest BCUT2D eigenvalue weighted by molar-refractivity contribution is -0.133. The van der Waals surface area contributed by atoms with Crippen LogP contribution < -0.4 is 0 Å². The van der Waals surface area contributed by atoms with Crippen LogP contribution >= 0.6 is 0 Å². The van der Waals surface area contributed by atoms with Gasteiger partial charge in [-0.2, -0.15) is 4.31 Å². The van der Waals surface area contributed by atoms with Crippen molar-refractivity contribution in [3.63, 3.8) is 0 Å². The highest BCUT2D eigenvalue weighted by atomic mass is 32.2. The summed E-state index contributed by atoms with van der Waals surface area (Å²) in [6.07, 6.45) is 1.66. The monoisotopic (exact) mass is 375 g/mol. The van der Waals surface area contributed by atoms with Crippen molar-refractivity contribution in [3.8, 4) is 0 Å². The third kappa shape index (κ3) is 3.54. The van der Waals surface area contributed by atoms with E-state index in [4.69, 9.17) is 0 Å². The third-order valence-corrected chi connectivity index (χ3v) is 6.27. The molecular weight excluding hydrogens is 357 g/mol. The summed E-state index contributed by atoms with van der Waals surface area (Å²) >= 11 is 0. The summed E-state index contributed by atoms with van der Waals surface area (Å²) in [6.45, 7) is 1.57. The summed E-state index contributed by atoms with van der Waals surface area (Å²) in [4.78, 5) is 11.4. The summed E-state index contributed by atoms with van der Waals surface area (Å²) in [6, 6.07) is 11.4. The van der Waals surface area contributed by atoms with Crippen molar-refractivity contribution in [1.29, 1.82) is 0 Å². The Morgan fingerprint density at radius 1 is 1.19 bits per heavy atom. The van der Waals surface area contributed by atoms with Crippen LogP contribution in [0.15, 0.2) is 65.1 Å². The second kappa shape index (κ2) is 7.01. The van der Waals surface area contributed by atoms with Crippen molar-refractivity contribution in [3.05, 3.63) is 77.1 Å². The van der Waals surface area contributed by atoms with Crippen molar-refractivity contribution < 1.29 is 22.7 Å². The lowest BCUT2D eigenvalue weighted by Crippen LogP contribution is -2.39. The van der Waals surface area contributed by atoms with Gasteiger partial charge in [0.1, 0.15) is 5.82 Å². The maximum absolute atomic E-state index is 13.6. The zero-order chi connectivity index (χ0) is 18.9. The van der Waals surface area contributed by atoms with Crippen LogP contribution in [-0.4, -0.2) is 30.3 Å². The van der Waals surface area contributed by atoms with Crippen LogP contribution in [0.1, 0.15) is 23.6 Å². The Hall–Kier alpha value is -2.51. The van der Waals surface area contributed by atoms with Gasteiger partial charge in [0, 0.05) is 12.1 Å². The van der Waals surface area contributed by atoms with E-state index in [0.717, 1.165) is 9.87 Å². The molecule has 0 saturated carbocycles. The molecule has 0 bridgehead atoms. The van der Waals surface area contributed by atoms with Crippen LogP contribution in [0.5, 0.6) is 0 Å². The summed E-state index contributed by atoms with van der Waals surface area (Å²) < 4.78 is 41.1. The molecule has 136 valence electrons. The number of aryl methyl sites for hydroxylation is 1. The zero-order valence-electron chi connectivity index (χ0n) is 14.1. The van der Waals surface area contributed by atoms with Crippen molar-refractivity contribution in [2.24, 2.45) is 0 Å². The van der Waals surface area contributed by atoms with Crippen LogP contribution in [0.3, 0.4) is 0 Å². The fraction of sp³-hybridized carbons (Fsp3) is 0.211. The molecular formula is C19H18FNO4S. The Morgan fingerprint density at radius 2 is 1.88 bits per heavy atom. The van der Waals surface area contributed by atoms with Crippen LogP contribution in [0.25, 0.3) is 0 Å². The number of carboxylic acids is 1. The molecule has 1 unspecified atom stereocenters. The van der Waals surface area contributed by atoms with E-state index < -0.39 is 27.9 Å². The Kier molecular flexibility index (Phi) is 4.93. The fourth-order valence-electron chi connectivity index (χ4n) is 2.98. The van der Waals surface area contributed by atoms with Gasteiger partial charge in [-0.05, 0) is 43.2 Å². The highest BCUT2D eigenvalue weighted by Crippen LogP contribution is 2.35. The molecule has 7 heteroatoms. The first-order chi connectivity index (χ1) is 12.3. The standard InChI is InChI=1S/C19H18FNO4S/c1-13-5-8-17(9-6-13)26(24,25)21-12-15(19(22)23)7-10-18(21)14-3-2-4-16(20)11-14/h2-9,11,18H,10,12H2,1H3,(H,22,23). The minimum atomic E-state index is -3.95. The van der Waals surface area contributed by atoms with Crippen LogP contribution in [-0.2, 0) is 14.8 Å². The van der Waals surface area contributed by atoms with Crippen LogP contribution in [0.2, 0.25) is 0 Å². The molecule has 0 aromatic heterocycles. The van der Waals surface area contributed by atoms with Gasteiger partial charge in [0.2, 0.25) is 10.0 Å². The smallest absolute Gasteiger partial charge is 0.332 e. The second-order valence-electron chi connectivity index (χ2n) is 6.20. The van der Waals surface area contributed by atoms with Gasteiger partial charge in [-0.3, -0.25) is 0 Å². The molecule has 1 aliphatic rings. The number of halogens is 1. The zero-order valence-corrected chi connectivity index (χ0v) is 14.9. The number of aliphatic carboxylic acids is 1. The number of benzene rings is 2. The van der Waals surface area contributed by atoms with Crippen molar-refractivity contribution in [2.45, 2.75) is 24.3 Å². The van der Waals surface area contributed by atoms with Gasteiger partial charge in [0.05, 0.1) is 10.9 Å². The molecule has 0 radical (unpaired) electrons. The number of nitrogens with zero attached hydrogens (tertiary/aromatic N) is 1. The number of rotatable bonds is 4. The molecule has 1 N–H and O–H groups in total. The highest BCUT2D eigenvalue weighted by Gasteiger charge is 2.36. The minimum absolute atomic E-state index is 0.00772. The first-order valence-electron chi connectivity index (χ1n) is 8.05. The molecule has 2 aromatic carbocycles. The van der Waals surface area contributed by atoms with E-state index in [1.54, 1.807) is 18.2 Å². The van der Waals surface area contributed by atoms with E-state index in [1.807, 2.05) is 6.92 Å². The largest absolute Gasteiger partial charge is 0.478 e. The quantitative estimate of drug-likeness (QED) is 0.890. The average Bonchev–Trinajstić information content (AvgIpc) is 2.61. The predicted molar refractivity (Wildman–Crippen MR) is 94.5 cm³/mol. The van der Waals surface area contributed by atoms with Gasteiger partial charge in [0.25, 0.3) is 0 Å². The molecule has 2 aromatic rings. The van der Waals surface area contributed by atoms with E-state index in [9.17, 15) is 22.7 Å². The van der Waals surface area contributed by atoms with Crippen molar-refractivity contribution >= 4 is 16.0 Å². The van der Waals surface area contributed by atoms with Gasteiger partial charge in [-0.1, -0.05) is 35.9 Å². The van der Waals surface area contributed by atoms with E-state index in [2.05, 4.69) is 0 Å². The van der Waals surface area contributed by atoms with Gasteiger partial charge in [-0.15, -0.1) is 0 Å². The second-order valence-corrected chi connectivity index (χ2v) is 8.09. The van der Waals surface area contributed by atoms with Gasteiger partial charge in [0.15, 0.2) is 0 Å². The van der Waals surface area contributed by atoms with Crippen LogP contribution in [0.4, 0.5) is 4.39 Å². The van der Waals surface area contributed by atoms with Gasteiger partial charge >= 0.3 is 5.97 Å². The van der Waals surface area contributed by atoms with E-state index in [1.165, 1.54) is 36.4 Å². The molecule has 1 atom stereocenters. The number of hydrogen-bond acceptors (Lipinski definition) is 3. The van der Waals surface area contributed by atoms with E-state index in [0.29, 0.717) is 5.56 Å². The Balaban J connectivity index is 2.08. The summed E-state index contributed by atoms with van der Waals surface area (Å²) in [5.41, 5.74) is 1.41. The van der Waals surface area contributed by atoms with Gasteiger partial charge in [-0.25, -0.2) is 17.6 Å². The molecule has 0 aliphatic carbocycles. The van der Waals surface area contributed by atoms with Crippen molar-refractivity contribution in [2.75, 3.05) is 6.54 Å². The molecule has 5 nitrogen and oxygen atoms in total. The first kappa shape index (κ1) is 18.3. The van der Waals surface area contributed by atoms with E-state index >= 15 is 0 Å². The predicted octanol–water partition coefficient (Wildman–Crippen LogP) is 3.28. The SMILES string of the molecule is Cc1ccc(S(=O)(=O)N2CC(C(=O)O)=CCC2c2cccc(F)c2)cc1. The molecule has 1 heterocycles. The van der Waals surface area contributed by atoms with Crippen LogP contribution in [0, 0.1) is 12.7 Å². The molecule has 0 fully saturated rings. The minimum Gasteiger partial charge on any atom is -0.478 e. The van der Waals surface area contributed by atoms with Crippen molar-refractivity contribution in [1.82, 2.24) is 4.31 Å². The average molecular weight is 375 g/mol. The first-order valence-corrected chi connectivity index (χ1v) is 9.49. The summed E-state index contributed by atoms with van der Waals surface area (Å²) in [7, 11) is -3.95. The number of carbonyl (C=O) groups is 1. The summed E-state index contributed by atoms with van der Waals surface area (Å²) in [5, 5.41) is 9.28. The number of hydrogen-bond donors (Lipinski definition) is 1. The number of carboxylic acid groups (broad SMARTS) is 1. The molecule has 0 amide bonds. The molecule has 3 rings (SSSR count). The lowest BCUT2D eigenvalue weighted by Gasteiger charge is -2.34. The fourth-order valence-corrected chi connectivity index (χ4v) is 4.59. The maximum atomic E-state index is 13.6. The Labute approximate surface area is 151 Å². The maximum Gasteiger partial charge on any atom is 0.332 e. The molecule has 0 spiro atoms. The normalized spacial score (nSPS) is 18.4. The van der Waals surface area contributed by atoms with E-state index in [-0.39, 0.29) is 23.4 Å². The Bertz CT molecular complexity index is 967. The number of sulfonamides is 1. The molecule has 26 heavy (non-hydrogen) atoms. The Morgan fingerprint density at radius 3 is 2.50 bits per heavy atom.